The first-order chi connectivity index (χ1) is 12.1. The molecule has 1 heterocycles. The van der Waals surface area contributed by atoms with Crippen LogP contribution in [-0.2, 0) is 13.1 Å². The van der Waals surface area contributed by atoms with Crippen LogP contribution < -0.4 is 14.2 Å². The molecule has 0 amide bonds. The van der Waals surface area contributed by atoms with Gasteiger partial charge in [-0.3, -0.25) is 4.90 Å². The molecule has 0 saturated heterocycles. The quantitative estimate of drug-likeness (QED) is 0.899. The molecule has 5 heteroatoms. The number of hydrogen-bond donors (Lipinski definition) is 1. The zero-order chi connectivity index (χ0) is 17.8. The Balaban J connectivity index is 1.83. The van der Waals surface area contributed by atoms with E-state index in [2.05, 4.69) is 11.8 Å². The summed E-state index contributed by atoms with van der Waals surface area (Å²) in [7, 11) is 3.23. The maximum Gasteiger partial charge on any atom is 0.160 e. The van der Waals surface area contributed by atoms with E-state index < -0.39 is 0 Å². The number of aromatic hydroxyl groups is 1. The maximum absolute atomic E-state index is 10.0. The third-order valence-electron chi connectivity index (χ3n) is 4.52. The molecule has 1 aliphatic rings. The summed E-state index contributed by atoms with van der Waals surface area (Å²) in [5, 5.41) is 10.0. The zero-order valence-corrected chi connectivity index (χ0v) is 15.0. The van der Waals surface area contributed by atoms with Gasteiger partial charge in [0.2, 0.25) is 0 Å². The fourth-order valence-corrected chi connectivity index (χ4v) is 3.16. The second kappa shape index (κ2) is 7.66. The van der Waals surface area contributed by atoms with Crippen LogP contribution in [0.15, 0.2) is 36.4 Å². The minimum atomic E-state index is 0.140. The van der Waals surface area contributed by atoms with Gasteiger partial charge in [0.1, 0.15) is 17.6 Å². The lowest BCUT2D eigenvalue weighted by Crippen LogP contribution is -2.32. The van der Waals surface area contributed by atoms with Crippen molar-refractivity contribution in [3.05, 3.63) is 47.5 Å². The summed E-state index contributed by atoms with van der Waals surface area (Å²) >= 11 is 0. The summed E-state index contributed by atoms with van der Waals surface area (Å²) in [6, 6.07) is 11.5. The highest BCUT2D eigenvalue weighted by Gasteiger charge is 2.22. The Bertz CT molecular complexity index is 732. The number of hydrogen-bond acceptors (Lipinski definition) is 5. The van der Waals surface area contributed by atoms with E-state index >= 15 is 0 Å². The van der Waals surface area contributed by atoms with Crippen molar-refractivity contribution in [3.63, 3.8) is 0 Å². The highest BCUT2D eigenvalue weighted by atomic mass is 16.5. The normalized spacial score (nSPS) is 17.3. The van der Waals surface area contributed by atoms with Crippen LogP contribution in [0.1, 0.15) is 24.5 Å². The van der Waals surface area contributed by atoms with E-state index in [0.29, 0.717) is 5.75 Å². The molecule has 1 aliphatic heterocycles. The minimum absolute atomic E-state index is 0.140. The van der Waals surface area contributed by atoms with E-state index in [0.717, 1.165) is 48.7 Å². The molecule has 5 nitrogen and oxygen atoms in total. The van der Waals surface area contributed by atoms with Crippen molar-refractivity contribution in [3.8, 4) is 23.0 Å². The minimum Gasteiger partial charge on any atom is -0.504 e. The first-order valence-electron chi connectivity index (χ1n) is 8.54. The van der Waals surface area contributed by atoms with Crippen molar-refractivity contribution in [2.45, 2.75) is 32.5 Å². The van der Waals surface area contributed by atoms with Crippen LogP contribution in [0.2, 0.25) is 0 Å². The lowest BCUT2D eigenvalue weighted by Gasteiger charge is -2.23. The molecule has 0 aromatic heterocycles. The fourth-order valence-electron chi connectivity index (χ4n) is 3.16. The molecule has 134 valence electrons. The lowest BCUT2D eigenvalue weighted by atomic mass is 10.1. The summed E-state index contributed by atoms with van der Waals surface area (Å²) in [6.45, 7) is 4.47. The van der Waals surface area contributed by atoms with Gasteiger partial charge in [0.15, 0.2) is 11.5 Å². The Hall–Kier alpha value is -2.40. The van der Waals surface area contributed by atoms with Crippen LogP contribution in [0, 0.1) is 0 Å². The molecule has 25 heavy (non-hydrogen) atoms. The SMILES string of the molecule is CCC1CN(Cc2ccc(OC)c(O)c2)Cc2cc(OC)ccc2O1. The van der Waals surface area contributed by atoms with Crippen molar-refractivity contribution in [2.75, 3.05) is 20.8 Å². The number of methoxy groups -OCH3 is 2. The largest absolute Gasteiger partial charge is 0.504 e. The molecular formula is C20H25NO4. The van der Waals surface area contributed by atoms with Crippen molar-refractivity contribution in [2.24, 2.45) is 0 Å². The van der Waals surface area contributed by atoms with Crippen LogP contribution in [-0.4, -0.2) is 36.9 Å². The van der Waals surface area contributed by atoms with Crippen LogP contribution >= 0.6 is 0 Å². The number of nitrogens with zero attached hydrogens (tertiary/aromatic N) is 1. The standard InChI is InChI=1S/C20H25NO4/c1-4-16-13-21(11-14-5-7-20(24-3)18(22)9-14)12-15-10-17(23-2)6-8-19(15)25-16/h5-10,16,22H,4,11-13H2,1-3H3. The molecular weight excluding hydrogens is 318 g/mol. The van der Waals surface area contributed by atoms with E-state index in [9.17, 15) is 5.11 Å². The van der Waals surface area contributed by atoms with Gasteiger partial charge in [-0.1, -0.05) is 13.0 Å². The Morgan fingerprint density at radius 2 is 2.00 bits per heavy atom. The molecule has 0 radical (unpaired) electrons. The average Bonchev–Trinajstić information content (AvgIpc) is 2.79. The van der Waals surface area contributed by atoms with E-state index in [1.165, 1.54) is 0 Å². The van der Waals surface area contributed by atoms with Crippen molar-refractivity contribution in [1.82, 2.24) is 4.90 Å². The monoisotopic (exact) mass is 343 g/mol. The summed E-state index contributed by atoms with van der Waals surface area (Å²) in [5.41, 5.74) is 2.16. The Morgan fingerprint density at radius 3 is 2.68 bits per heavy atom. The second-order valence-electron chi connectivity index (χ2n) is 6.30. The van der Waals surface area contributed by atoms with Crippen LogP contribution in [0.3, 0.4) is 0 Å². The molecule has 0 spiro atoms. The predicted molar refractivity (Wildman–Crippen MR) is 96.5 cm³/mol. The lowest BCUT2D eigenvalue weighted by molar-refractivity contribution is 0.139. The number of phenols is 1. The number of benzene rings is 2. The predicted octanol–water partition coefficient (Wildman–Crippen LogP) is 3.58. The molecule has 0 fully saturated rings. The fraction of sp³-hybridized carbons (Fsp3) is 0.400. The second-order valence-corrected chi connectivity index (χ2v) is 6.30. The Kier molecular flexibility index (Phi) is 5.34. The Morgan fingerprint density at radius 1 is 1.16 bits per heavy atom. The highest BCUT2D eigenvalue weighted by molar-refractivity contribution is 5.42. The van der Waals surface area contributed by atoms with E-state index in [1.54, 1.807) is 26.4 Å². The van der Waals surface area contributed by atoms with Crippen molar-refractivity contribution < 1.29 is 19.3 Å². The van der Waals surface area contributed by atoms with Crippen LogP contribution in [0.25, 0.3) is 0 Å². The Labute approximate surface area is 148 Å². The van der Waals surface area contributed by atoms with Crippen molar-refractivity contribution >= 4 is 0 Å². The first-order valence-corrected chi connectivity index (χ1v) is 8.54. The van der Waals surface area contributed by atoms with E-state index in [-0.39, 0.29) is 11.9 Å². The van der Waals surface area contributed by atoms with Gasteiger partial charge in [-0.25, -0.2) is 0 Å². The van der Waals surface area contributed by atoms with Gasteiger partial charge in [-0.15, -0.1) is 0 Å². The van der Waals surface area contributed by atoms with Gasteiger partial charge in [-0.2, -0.15) is 0 Å². The summed E-state index contributed by atoms with van der Waals surface area (Å²) < 4.78 is 16.6. The third kappa shape index (κ3) is 3.99. The topological polar surface area (TPSA) is 51.2 Å². The van der Waals surface area contributed by atoms with E-state index in [4.69, 9.17) is 14.2 Å². The first kappa shape index (κ1) is 17.4. The van der Waals surface area contributed by atoms with Gasteiger partial charge >= 0.3 is 0 Å². The summed E-state index contributed by atoms with van der Waals surface area (Å²) in [5.74, 6) is 2.41. The zero-order valence-electron chi connectivity index (χ0n) is 15.0. The molecule has 1 unspecified atom stereocenters. The highest BCUT2D eigenvalue weighted by Crippen LogP contribution is 2.31. The summed E-state index contributed by atoms with van der Waals surface area (Å²) in [4.78, 5) is 2.33. The smallest absolute Gasteiger partial charge is 0.160 e. The molecule has 1 N–H and O–H groups in total. The number of phenolic OH excluding ortho intramolecular Hbond substituents is 1. The number of fused-ring (bicyclic) bond motifs is 1. The maximum atomic E-state index is 10.0. The van der Waals surface area contributed by atoms with E-state index in [1.807, 2.05) is 24.3 Å². The van der Waals surface area contributed by atoms with Gasteiger partial charge in [0, 0.05) is 25.2 Å². The van der Waals surface area contributed by atoms with Gasteiger partial charge < -0.3 is 19.3 Å². The molecule has 0 aliphatic carbocycles. The third-order valence-corrected chi connectivity index (χ3v) is 4.52. The van der Waals surface area contributed by atoms with Crippen LogP contribution in [0.5, 0.6) is 23.0 Å². The molecule has 0 saturated carbocycles. The molecule has 1 atom stereocenters. The van der Waals surface area contributed by atoms with Crippen LogP contribution in [0.4, 0.5) is 0 Å². The molecule has 0 bridgehead atoms. The molecule has 2 aromatic rings. The number of rotatable bonds is 5. The summed E-state index contributed by atoms with van der Waals surface area (Å²) in [6.07, 6.45) is 1.08. The number of ether oxygens (including phenoxy) is 3. The van der Waals surface area contributed by atoms with Gasteiger partial charge in [0.05, 0.1) is 14.2 Å². The van der Waals surface area contributed by atoms with Crippen molar-refractivity contribution in [1.29, 1.82) is 0 Å². The van der Waals surface area contributed by atoms with Gasteiger partial charge in [-0.05, 0) is 42.3 Å². The van der Waals surface area contributed by atoms with Gasteiger partial charge in [0.25, 0.3) is 0 Å². The average molecular weight is 343 g/mol. The molecule has 2 aromatic carbocycles. The molecule has 3 rings (SSSR count).